The van der Waals surface area contributed by atoms with E-state index in [1.807, 2.05) is 0 Å². The SMILES string of the molecule is COC1=C(c2ccc(S(C)(=O)=O)cc2)COC1=O. The van der Waals surface area contributed by atoms with Crippen LogP contribution in [0.3, 0.4) is 0 Å². The largest absolute Gasteiger partial charge is 0.490 e. The Morgan fingerprint density at radius 1 is 1.22 bits per heavy atom. The van der Waals surface area contributed by atoms with Gasteiger partial charge in [0.2, 0.25) is 5.76 Å². The molecule has 1 aromatic carbocycles. The molecule has 96 valence electrons. The van der Waals surface area contributed by atoms with E-state index in [0.29, 0.717) is 11.1 Å². The summed E-state index contributed by atoms with van der Waals surface area (Å²) in [5.74, 6) is -0.332. The molecule has 0 fully saturated rings. The number of benzene rings is 1. The molecule has 0 N–H and O–H groups in total. The van der Waals surface area contributed by atoms with Crippen molar-refractivity contribution in [2.75, 3.05) is 20.0 Å². The average Bonchev–Trinajstić information content (AvgIpc) is 2.69. The third-order valence-corrected chi connectivity index (χ3v) is 3.77. The number of sulfone groups is 1. The molecule has 18 heavy (non-hydrogen) atoms. The Bertz CT molecular complexity index is 610. The van der Waals surface area contributed by atoms with Gasteiger partial charge >= 0.3 is 5.97 Å². The normalized spacial score (nSPS) is 15.8. The van der Waals surface area contributed by atoms with Gasteiger partial charge in [0.1, 0.15) is 6.61 Å². The van der Waals surface area contributed by atoms with Crippen LogP contribution < -0.4 is 0 Å². The fraction of sp³-hybridized carbons (Fsp3) is 0.250. The monoisotopic (exact) mass is 268 g/mol. The topological polar surface area (TPSA) is 69.7 Å². The Morgan fingerprint density at radius 2 is 1.83 bits per heavy atom. The van der Waals surface area contributed by atoms with Crippen molar-refractivity contribution in [2.45, 2.75) is 4.90 Å². The second-order valence-corrected chi connectivity index (χ2v) is 5.90. The van der Waals surface area contributed by atoms with Crippen LogP contribution in [0.25, 0.3) is 5.57 Å². The van der Waals surface area contributed by atoms with E-state index >= 15 is 0 Å². The minimum Gasteiger partial charge on any atom is -0.490 e. The first-order valence-corrected chi connectivity index (χ1v) is 7.07. The van der Waals surface area contributed by atoms with Gasteiger partial charge in [-0.1, -0.05) is 12.1 Å². The molecule has 1 heterocycles. The van der Waals surface area contributed by atoms with Crippen LogP contribution in [0.1, 0.15) is 5.56 Å². The summed E-state index contributed by atoms with van der Waals surface area (Å²) in [6.07, 6.45) is 1.14. The van der Waals surface area contributed by atoms with E-state index in [1.54, 1.807) is 12.1 Å². The average molecular weight is 268 g/mol. The van der Waals surface area contributed by atoms with Crippen molar-refractivity contribution in [1.29, 1.82) is 0 Å². The molecule has 0 saturated heterocycles. The highest BCUT2D eigenvalue weighted by Gasteiger charge is 2.26. The maximum Gasteiger partial charge on any atom is 0.374 e. The molecule has 0 amide bonds. The zero-order valence-electron chi connectivity index (χ0n) is 9.97. The van der Waals surface area contributed by atoms with E-state index in [9.17, 15) is 13.2 Å². The first-order chi connectivity index (χ1) is 8.43. The molecule has 6 heteroatoms. The van der Waals surface area contributed by atoms with Gasteiger partial charge in [-0.2, -0.15) is 0 Å². The molecule has 1 aliphatic rings. The van der Waals surface area contributed by atoms with Crippen LogP contribution >= 0.6 is 0 Å². The zero-order valence-corrected chi connectivity index (χ0v) is 10.8. The molecule has 2 rings (SSSR count). The fourth-order valence-corrected chi connectivity index (χ4v) is 2.35. The van der Waals surface area contributed by atoms with Crippen molar-refractivity contribution in [3.05, 3.63) is 35.6 Å². The van der Waals surface area contributed by atoms with Crippen molar-refractivity contribution in [3.63, 3.8) is 0 Å². The lowest BCUT2D eigenvalue weighted by Gasteiger charge is -2.04. The lowest BCUT2D eigenvalue weighted by Crippen LogP contribution is -2.00. The van der Waals surface area contributed by atoms with E-state index in [0.717, 1.165) is 6.26 Å². The minimum absolute atomic E-state index is 0.139. The minimum atomic E-state index is -3.22. The molecule has 5 nitrogen and oxygen atoms in total. The predicted molar refractivity (Wildman–Crippen MR) is 64.4 cm³/mol. The summed E-state index contributed by atoms with van der Waals surface area (Å²) in [5, 5.41) is 0. The molecule has 1 aliphatic heterocycles. The lowest BCUT2D eigenvalue weighted by atomic mass is 10.1. The quantitative estimate of drug-likeness (QED) is 0.765. The Labute approximate surface area is 105 Å². The molecule has 0 spiro atoms. The number of methoxy groups -OCH3 is 1. The molecule has 1 aromatic rings. The summed E-state index contributed by atoms with van der Waals surface area (Å²) in [6.45, 7) is 0.139. The van der Waals surface area contributed by atoms with Gasteiger partial charge in [-0.3, -0.25) is 0 Å². The van der Waals surface area contributed by atoms with Crippen LogP contribution in [0.5, 0.6) is 0 Å². The van der Waals surface area contributed by atoms with Crippen LogP contribution in [0.15, 0.2) is 34.9 Å². The molecule has 0 aromatic heterocycles. The number of hydrogen-bond donors (Lipinski definition) is 0. The summed E-state index contributed by atoms with van der Waals surface area (Å²) in [6, 6.07) is 6.25. The second kappa shape index (κ2) is 4.45. The van der Waals surface area contributed by atoms with Gasteiger partial charge in [0.25, 0.3) is 0 Å². The third kappa shape index (κ3) is 2.24. The smallest absolute Gasteiger partial charge is 0.374 e. The van der Waals surface area contributed by atoms with E-state index in [2.05, 4.69) is 0 Å². The van der Waals surface area contributed by atoms with Crippen molar-refractivity contribution in [1.82, 2.24) is 0 Å². The maximum atomic E-state index is 11.3. The predicted octanol–water partition coefficient (Wildman–Crippen LogP) is 1.00. The molecule has 0 radical (unpaired) electrons. The summed E-state index contributed by atoms with van der Waals surface area (Å²) in [7, 11) is -1.82. The Morgan fingerprint density at radius 3 is 2.33 bits per heavy atom. The number of carbonyl (C=O) groups is 1. The molecular weight excluding hydrogens is 256 g/mol. The molecule has 0 aliphatic carbocycles. The maximum absolute atomic E-state index is 11.3. The zero-order chi connectivity index (χ0) is 13.3. The van der Waals surface area contributed by atoms with E-state index in [-0.39, 0.29) is 17.3 Å². The van der Waals surface area contributed by atoms with E-state index < -0.39 is 15.8 Å². The van der Waals surface area contributed by atoms with E-state index in [4.69, 9.17) is 9.47 Å². The third-order valence-electron chi connectivity index (χ3n) is 2.64. The van der Waals surface area contributed by atoms with Gasteiger partial charge in [0.15, 0.2) is 9.84 Å². The van der Waals surface area contributed by atoms with Gasteiger partial charge in [-0.15, -0.1) is 0 Å². The molecular formula is C12H12O5S. The highest BCUT2D eigenvalue weighted by molar-refractivity contribution is 7.90. The second-order valence-electron chi connectivity index (χ2n) is 3.88. The fourth-order valence-electron chi connectivity index (χ4n) is 1.72. The number of esters is 1. The Hall–Kier alpha value is -1.82. The molecule has 0 bridgehead atoms. The summed E-state index contributed by atoms with van der Waals surface area (Å²) in [5.41, 5.74) is 1.34. The van der Waals surface area contributed by atoms with Crippen molar-refractivity contribution in [3.8, 4) is 0 Å². The summed E-state index contributed by atoms with van der Waals surface area (Å²) in [4.78, 5) is 11.5. The van der Waals surface area contributed by atoms with Crippen LogP contribution in [0.4, 0.5) is 0 Å². The lowest BCUT2D eigenvalue weighted by molar-refractivity contribution is -0.138. The Kier molecular flexibility index (Phi) is 3.13. The van der Waals surface area contributed by atoms with Crippen LogP contribution in [-0.4, -0.2) is 34.4 Å². The van der Waals surface area contributed by atoms with E-state index in [1.165, 1.54) is 19.2 Å². The van der Waals surface area contributed by atoms with Gasteiger partial charge < -0.3 is 9.47 Å². The molecule has 0 unspecified atom stereocenters. The van der Waals surface area contributed by atoms with Gasteiger partial charge in [-0.05, 0) is 17.7 Å². The van der Waals surface area contributed by atoms with Gasteiger partial charge in [0, 0.05) is 11.8 Å². The van der Waals surface area contributed by atoms with Gasteiger partial charge in [-0.25, -0.2) is 13.2 Å². The number of ether oxygens (including phenoxy) is 2. The highest BCUT2D eigenvalue weighted by Crippen LogP contribution is 2.26. The standard InChI is InChI=1S/C12H12O5S/c1-16-11-10(7-17-12(11)13)8-3-5-9(6-4-8)18(2,14)15/h3-6H,7H2,1-2H3. The van der Waals surface area contributed by atoms with Crippen LogP contribution in [0.2, 0.25) is 0 Å². The number of carbonyl (C=O) groups excluding carboxylic acids is 1. The summed E-state index contributed by atoms with van der Waals surface area (Å²) < 4.78 is 32.5. The van der Waals surface area contributed by atoms with Crippen molar-refractivity contribution < 1.29 is 22.7 Å². The number of rotatable bonds is 3. The highest BCUT2D eigenvalue weighted by atomic mass is 32.2. The van der Waals surface area contributed by atoms with Crippen LogP contribution in [0, 0.1) is 0 Å². The van der Waals surface area contributed by atoms with Crippen molar-refractivity contribution >= 4 is 21.4 Å². The number of cyclic esters (lactones) is 1. The van der Waals surface area contributed by atoms with Crippen molar-refractivity contribution in [2.24, 2.45) is 0 Å². The molecule has 0 atom stereocenters. The molecule has 0 saturated carbocycles. The Balaban J connectivity index is 2.42. The van der Waals surface area contributed by atoms with Gasteiger partial charge in [0.05, 0.1) is 12.0 Å². The first-order valence-electron chi connectivity index (χ1n) is 5.18. The van der Waals surface area contributed by atoms with Crippen LogP contribution in [-0.2, 0) is 24.1 Å². The summed E-state index contributed by atoms with van der Waals surface area (Å²) >= 11 is 0. The first kappa shape index (κ1) is 12.6. The number of hydrogen-bond acceptors (Lipinski definition) is 5.